The second kappa shape index (κ2) is 6.98. The van der Waals surface area contributed by atoms with Gasteiger partial charge in [0.15, 0.2) is 5.65 Å². The molecule has 0 bridgehead atoms. The summed E-state index contributed by atoms with van der Waals surface area (Å²) in [6, 6.07) is 6.28. The number of benzene rings is 1. The molecule has 10 heteroatoms. The number of halogens is 2. The molecule has 7 nitrogen and oxygen atoms in total. The summed E-state index contributed by atoms with van der Waals surface area (Å²) in [5, 5.41) is 5.04. The zero-order valence-electron chi connectivity index (χ0n) is 15.7. The van der Waals surface area contributed by atoms with Crippen LogP contribution < -0.4 is 5.73 Å². The fraction of sp³-hybridized carbons (Fsp3) is 0.250. The maximum Gasteiger partial charge on any atom is 0.165 e. The second-order valence-electron chi connectivity index (χ2n) is 7.48. The van der Waals surface area contributed by atoms with Gasteiger partial charge in [-0.25, -0.2) is 17.8 Å². The van der Waals surface area contributed by atoms with Crippen molar-refractivity contribution in [1.29, 1.82) is 0 Å². The van der Waals surface area contributed by atoms with Crippen molar-refractivity contribution in [1.82, 2.24) is 19.6 Å². The van der Waals surface area contributed by atoms with Crippen LogP contribution >= 0.6 is 15.9 Å². The predicted octanol–water partition coefficient (Wildman–Crippen LogP) is 3.72. The van der Waals surface area contributed by atoms with Crippen LogP contribution in [0.4, 0.5) is 10.2 Å². The van der Waals surface area contributed by atoms with Gasteiger partial charge in [0.1, 0.15) is 21.5 Å². The molecule has 30 heavy (non-hydrogen) atoms. The number of nitrogen functional groups attached to an aromatic ring is 1. The Labute approximate surface area is 180 Å². The van der Waals surface area contributed by atoms with Crippen LogP contribution in [0.25, 0.3) is 27.7 Å². The van der Waals surface area contributed by atoms with Crippen LogP contribution in [-0.4, -0.2) is 39.5 Å². The number of hydrogen-bond acceptors (Lipinski definition) is 6. The Bertz CT molecular complexity index is 1410. The first-order valence-corrected chi connectivity index (χ1v) is 12.0. The Morgan fingerprint density at radius 2 is 1.93 bits per heavy atom. The third-order valence-corrected chi connectivity index (χ3v) is 8.07. The van der Waals surface area contributed by atoms with Gasteiger partial charge in [-0.15, -0.1) is 0 Å². The highest BCUT2D eigenvalue weighted by Crippen LogP contribution is 2.37. The lowest BCUT2D eigenvalue weighted by molar-refractivity contribution is 0.543. The zero-order valence-corrected chi connectivity index (χ0v) is 18.1. The van der Waals surface area contributed by atoms with E-state index in [9.17, 15) is 12.8 Å². The molecule has 1 aromatic carbocycles. The summed E-state index contributed by atoms with van der Waals surface area (Å²) in [5.74, 6) is 0.338. The van der Waals surface area contributed by atoms with Crippen LogP contribution in [0.15, 0.2) is 41.1 Å². The minimum Gasteiger partial charge on any atom is -0.383 e. The normalized spacial score (nSPS) is 17.0. The van der Waals surface area contributed by atoms with Gasteiger partial charge in [-0.3, -0.25) is 4.98 Å². The zero-order chi connectivity index (χ0) is 21.0. The molecule has 5 rings (SSSR count). The molecule has 1 aliphatic rings. The Kier molecular flexibility index (Phi) is 4.51. The van der Waals surface area contributed by atoms with E-state index < -0.39 is 9.84 Å². The third kappa shape index (κ3) is 3.24. The average molecular weight is 490 g/mol. The smallest absolute Gasteiger partial charge is 0.165 e. The molecule has 154 valence electrons. The topological polar surface area (TPSA) is 103 Å². The van der Waals surface area contributed by atoms with Crippen molar-refractivity contribution in [2.45, 2.75) is 18.8 Å². The average Bonchev–Trinajstić information content (AvgIpc) is 3.14. The van der Waals surface area contributed by atoms with Gasteiger partial charge in [0, 0.05) is 28.6 Å². The molecule has 0 radical (unpaired) electrons. The Balaban J connectivity index is 1.65. The van der Waals surface area contributed by atoms with E-state index in [2.05, 4.69) is 26.0 Å². The van der Waals surface area contributed by atoms with Crippen LogP contribution in [-0.2, 0) is 9.84 Å². The van der Waals surface area contributed by atoms with Crippen molar-refractivity contribution < 1.29 is 12.8 Å². The van der Waals surface area contributed by atoms with Crippen molar-refractivity contribution in [3.8, 4) is 11.1 Å². The van der Waals surface area contributed by atoms with E-state index in [1.165, 1.54) is 16.6 Å². The monoisotopic (exact) mass is 489 g/mol. The number of pyridine rings is 1. The molecule has 1 fully saturated rings. The number of sulfone groups is 1. The Morgan fingerprint density at radius 3 is 2.70 bits per heavy atom. The summed E-state index contributed by atoms with van der Waals surface area (Å²) in [5.41, 5.74) is 9.75. The molecule has 0 atom stereocenters. The molecular formula is C20H17BrFN5O2S. The number of anilines is 1. The highest BCUT2D eigenvalue weighted by Gasteiger charge is 2.29. The van der Waals surface area contributed by atoms with Gasteiger partial charge in [-0.05, 0) is 53.0 Å². The van der Waals surface area contributed by atoms with Crippen LogP contribution in [0.3, 0.4) is 0 Å². The van der Waals surface area contributed by atoms with Crippen LogP contribution in [0, 0.1) is 5.82 Å². The number of aromatic nitrogens is 4. The van der Waals surface area contributed by atoms with E-state index >= 15 is 0 Å². The van der Waals surface area contributed by atoms with E-state index in [0.29, 0.717) is 39.7 Å². The van der Waals surface area contributed by atoms with Crippen molar-refractivity contribution in [2.24, 2.45) is 0 Å². The first-order valence-electron chi connectivity index (χ1n) is 9.41. The van der Waals surface area contributed by atoms with Crippen molar-refractivity contribution >= 4 is 48.1 Å². The molecule has 4 aromatic rings. The van der Waals surface area contributed by atoms with E-state index in [-0.39, 0.29) is 23.2 Å². The van der Waals surface area contributed by atoms with Crippen LogP contribution in [0.1, 0.15) is 24.5 Å². The first kappa shape index (κ1) is 19.4. The van der Waals surface area contributed by atoms with Gasteiger partial charge in [0.05, 0.1) is 33.4 Å². The number of hydrogen-bond donors (Lipinski definition) is 1. The fourth-order valence-electron chi connectivity index (χ4n) is 3.90. The number of fused-ring (bicyclic) bond motifs is 2. The Hall–Kier alpha value is -2.59. The number of nitrogens with two attached hydrogens (primary N) is 1. The lowest BCUT2D eigenvalue weighted by atomic mass is 9.98. The molecule has 0 amide bonds. The molecule has 0 aliphatic carbocycles. The molecule has 1 saturated heterocycles. The highest BCUT2D eigenvalue weighted by molar-refractivity contribution is 9.10. The minimum absolute atomic E-state index is 0.0122. The Morgan fingerprint density at radius 1 is 1.17 bits per heavy atom. The fourth-order valence-corrected chi connectivity index (χ4v) is 5.97. The number of nitrogens with zero attached hydrogens (tertiary/aromatic N) is 4. The SMILES string of the molecule is Nc1c(Br)c(C2CCS(=O)(=O)CC2)nc2c(-c3cnc4ccc(F)cc4c3)cnn12. The summed E-state index contributed by atoms with van der Waals surface area (Å²) >= 11 is 3.52. The van der Waals surface area contributed by atoms with Gasteiger partial charge in [-0.2, -0.15) is 9.61 Å². The molecule has 0 spiro atoms. The van der Waals surface area contributed by atoms with E-state index in [1.807, 2.05) is 6.07 Å². The van der Waals surface area contributed by atoms with Crippen LogP contribution in [0.2, 0.25) is 0 Å². The quantitative estimate of drug-likeness (QED) is 0.460. The number of rotatable bonds is 2. The predicted molar refractivity (Wildman–Crippen MR) is 116 cm³/mol. The summed E-state index contributed by atoms with van der Waals surface area (Å²) in [7, 11) is -2.98. The van der Waals surface area contributed by atoms with Crippen LogP contribution in [0.5, 0.6) is 0 Å². The molecule has 2 N–H and O–H groups in total. The molecule has 3 aromatic heterocycles. The van der Waals surface area contributed by atoms with Gasteiger partial charge < -0.3 is 5.73 Å². The maximum atomic E-state index is 13.7. The van der Waals surface area contributed by atoms with Gasteiger partial charge in [0.2, 0.25) is 0 Å². The van der Waals surface area contributed by atoms with E-state index in [1.54, 1.807) is 18.5 Å². The molecule has 1 aliphatic heterocycles. The van der Waals surface area contributed by atoms with Gasteiger partial charge in [-0.1, -0.05) is 0 Å². The summed E-state index contributed by atoms with van der Waals surface area (Å²) in [6.07, 6.45) is 4.36. The highest BCUT2D eigenvalue weighted by atomic mass is 79.9. The van der Waals surface area contributed by atoms with E-state index in [4.69, 9.17) is 10.7 Å². The molecule has 0 saturated carbocycles. The van der Waals surface area contributed by atoms with Crippen molar-refractivity contribution in [2.75, 3.05) is 17.2 Å². The summed E-state index contributed by atoms with van der Waals surface area (Å²) in [6.45, 7) is 0. The molecule has 0 unspecified atom stereocenters. The summed E-state index contributed by atoms with van der Waals surface area (Å²) in [4.78, 5) is 9.23. The molecule has 4 heterocycles. The summed E-state index contributed by atoms with van der Waals surface area (Å²) < 4.78 is 39.5. The lowest BCUT2D eigenvalue weighted by Crippen LogP contribution is -2.23. The van der Waals surface area contributed by atoms with Gasteiger partial charge in [0.25, 0.3) is 0 Å². The second-order valence-corrected chi connectivity index (χ2v) is 10.6. The maximum absolute atomic E-state index is 13.7. The lowest BCUT2D eigenvalue weighted by Gasteiger charge is -2.23. The first-order chi connectivity index (χ1) is 14.3. The van der Waals surface area contributed by atoms with Crippen molar-refractivity contribution in [3.05, 3.63) is 52.6 Å². The third-order valence-electron chi connectivity index (χ3n) is 5.54. The molecular weight excluding hydrogens is 473 g/mol. The van der Waals surface area contributed by atoms with Crippen molar-refractivity contribution in [3.63, 3.8) is 0 Å². The minimum atomic E-state index is -2.98. The van der Waals surface area contributed by atoms with E-state index in [0.717, 1.165) is 16.8 Å². The standard InChI is InChI=1S/C20H17BrFN5O2S/c21-17-18(11-3-5-30(28,29)6-4-11)26-20-15(10-25-27(20)19(17)23)13-7-12-8-14(22)1-2-16(12)24-9-13/h1-2,7-11H,3-6,23H2. The largest absolute Gasteiger partial charge is 0.383 e. The van der Waals surface area contributed by atoms with Gasteiger partial charge >= 0.3 is 0 Å².